The van der Waals surface area contributed by atoms with E-state index >= 15 is 0 Å². The number of nitrogens with zero attached hydrogens (tertiary/aromatic N) is 3. The van der Waals surface area contributed by atoms with Crippen LogP contribution in [0, 0.1) is 6.92 Å². The summed E-state index contributed by atoms with van der Waals surface area (Å²) < 4.78 is 7.36. The predicted molar refractivity (Wildman–Crippen MR) is 91.0 cm³/mol. The molecule has 130 valence electrons. The molecule has 2 aliphatic heterocycles. The fourth-order valence-corrected chi connectivity index (χ4v) is 3.69. The monoisotopic (exact) mass is 339 g/mol. The molecule has 0 spiro atoms. The Morgan fingerprint density at radius 1 is 1.36 bits per heavy atom. The van der Waals surface area contributed by atoms with E-state index in [-0.39, 0.29) is 24.3 Å². The van der Waals surface area contributed by atoms with Gasteiger partial charge in [-0.2, -0.15) is 5.10 Å². The molecule has 1 aromatic heterocycles. The van der Waals surface area contributed by atoms with E-state index in [4.69, 9.17) is 4.74 Å². The average molecular weight is 339 g/mol. The van der Waals surface area contributed by atoms with E-state index in [2.05, 4.69) is 5.10 Å². The second-order valence-electron chi connectivity index (χ2n) is 6.82. The second kappa shape index (κ2) is 6.35. The van der Waals surface area contributed by atoms with Gasteiger partial charge in [0.2, 0.25) is 5.91 Å². The van der Waals surface area contributed by atoms with Crippen LogP contribution in [-0.4, -0.2) is 39.6 Å². The lowest BCUT2D eigenvalue weighted by atomic mass is 10.0. The van der Waals surface area contributed by atoms with E-state index in [1.54, 1.807) is 6.07 Å². The van der Waals surface area contributed by atoms with Gasteiger partial charge < -0.3 is 9.64 Å². The molecular formula is C19H21N3O3. The highest BCUT2D eigenvalue weighted by molar-refractivity contribution is 5.94. The van der Waals surface area contributed by atoms with Crippen LogP contribution in [0.4, 0.5) is 0 Å². The van der Waals surface area contributed by atoms with Crippen LogP contribution < -0.4 is 0 Å². The standard InChI is InChI=1S/C19H21N3O3/c1-13-10-20-22(11-13)14-5-4-8-21(12-14)18(23)9-17-15-6-2-3-7-16(15)19(24)25-17/h2-3,6-7,10-11,14,17H,4-5,8-9,12H2,1H3/t14-,17-/m1/s1. The van der Waals surface area contributed by atoms with Crippen molar-refractivity contribution in [2.24, 2.45) is 0 Å². The Hall–Kier alpha value is -2.63. The Bertz CT molecular complexity index is 814. The molecule has 4 rings (SSSR count). The number of amides is 1. The molecule has 6 heteroatoms. The number of ether oxygens (including phenoxy) is 1. The van der Waals surface area contributed by atoms with Gasteiger partial charge in [0.1, 0.15) is 6.10 Å². The first-order valence-corrected chi connectivity index (χ1v) is 8.70. The summed E-state index contributed by atoms with van der Waals surface area (Å²) in [5, 5.41) is 4.39. The quantitative estimate of drug-likeness (QED) is 0.807. The van der Waals surface area contributed by atoms with E-state index < -0.39 is 6.10 Å². The first-order chi connectivity index (χ1) is 12.1. The van der Waals surface area contributed by atoms with Crippen molar-refractivity contribution in [3.63, 3.8) is 0 Å². The van der Waals surface area contributed by atoms with Crippen LogP contribution in [0.1, 0.15) is 52.9 Å². The molecule has 1 saturated heterocycles. The van der Waals surface area contributed by atoms with Gasteiger partial charge in [-0.1, -0.05) is 18.2 Å². The molecule has 0 radical (unpaired) electrons. The van der Waals surface area contributed by atoms with Crippen molar-refractivity contribution in [2.45, 2.75) is 38.3 Å². The summed E-state index contributed by atoms with van der Waals surface area (Å²) in [7, 11) is 0. The summed E-state index contributed by atoms with van der Waals surface area (Å²) in [4.78, 5) is 26.5. The highest BCUT2D eigenvalue weighted by Crippen LogP contribution is 2.33. The average Bonchev–Trinajstić information content (AvgIpc) is 3.20. The molecule has 0 bridgehead atoms. The maximum atomic E-state index is 12.8. The van der Waals surface area contributed by atoms with E-state index in [9.17, 15) is 9.59 Å². The van der Waals surface area contributed by atoms with Crippen LogP contribution in [0.5, 0.6) is 0 Å². The van der Waals surface area contributed by atoms with E-state index in [1.165, 1.54) is 0 Å². The number of hydrogen-bond donors (Lipinski definition) is 0. The summed E-state index contributed by atoms with van der Waals surface area (Å²) >= 11 is 0. The summed E-state index contributed by atoms with van der Waals surface area (Å²) in [6.07, 6.45) is 5.57. The lowest BCUT2D eigenvalue weighted by Crippen LogP contribution is -2.41. The minimum atomic E-state index is -0.469. The summed E-state index contributed by atoms with van der Waals surface area (Å²) in [5.41, 5.74) is 2.51. The van der Waals surface area contributed by atoms with Gasteiger partial charge in [0.05, 0.1) is 24.2 Å². The number of fused-ring (bicyclic) bond motifs is 1. The predicted octanol–water partition coefficient (Wildman–Crippen LogP) is 2.66. The second-order valence-corrected chi connectivity index (χ2v) is 6.82. The van der Waals surface area contributed by atoms with Crippen molar-refractivity contribution in [1.29, 1.82) is 0 Å². The van der Waals surface area contributed by atoms with Crippen LogP contribution in [0.3, 0.4) is 0 Å². The Balaban J connectivity index is 1.44. The minimum Gasteiger partial charge on any atom is -0.453 e. The smallest absolute Gasteiger partial charge is 0.339 e. The first kappa shape index (κ1) is 15.9. The van der Waals surface area contributed by atoms with E-state index in [1.807, 2.05) is 47.1 Å². The fraction of sp³-hybridized carbons (Fsp3) is 0.421. The lowest BCUT2D eigenvalue weighted by Gasteiger charge is -2.33. The molecule has 0 saturated carbocycles. The number of rotatable bonds is 3. The molecule has 6 nitrogen and oxygen atoms in total. The number of piperidine rings is 1. The van der Waals surface area contributed by atoms with Gasteiger partial charge in [0.25, 0.3) is 0 Å². The van der Waals surface area contributed by atoms with Crippen LogP contribution in [0.15, 0.2) is 36.7 Å². The number of likely N-dealkylation sites (tertiary alicyclic amines) is 1. The number of cyclic esters (lactones) is 1. The van der Waals surface area contributed by atoms with Crippen molar-refractivity contribution in [3.8, 4) is 0 Å². The van der Waals surface area contributed by atoms with Crippen LogP contribution in [0.25, 0.3) is 0 Å². The zero-order valence-corrected chi connectivity index (χ0v) is 14.2. The third-order valence-corrected chi connectivity index (χ3v) is 4.99. The molecule has 0 N–H and O–H groups in total. The molecule has 1 amide bonds. The molecule has 2 aromatic rings. The number of aryl methyl sites for hydroxylation is 1. The molecule has 2 aliphatic rings. The summed E-state index contributed by atoms with van der Waals surface area (Å²) in [5.74, 6) is -0.306. The number of hydrogen-bond acceptors (Lipinski definition) is 4. The Labute approximate surface area is 146 Å². The Morgan fingerprint density at radius 3 is 3.00 bits per heavy atom. The van der Waals surface area contributed by atoms with Gasteiger partial charge in [-0.05, 0) is 31.4 Å². The molecule has 1 aromatic carbocycles. The van der Waals surface area contributed by atoms with Crippen LogP contribution in [-0.2, 0) is 9.53 Å². The normalized spacial score (nSPS) is 22.6. The van der Waals surface area contributed by atoms with Crippen LogP contribution in [0.2, 0.25) is 0 Å². The first-order valence-electron chi connectivity index (χ1n) is 8.70. The number of carbonyl (C=O) groups is 2. The Kier molecular flexibility index (Phi) is 4.03. The molecular weight excluding hydrogens is 318 g/mol. The van der Waals surface area contributed by atoms with E-state index in [0.29, 0.717) is 12.1 Å². The van der Waals surface area contributed by atoms with Gasteiger partial charge in [-0.25, -0.2) is 4.79 Å². The number of aromatic nitrogens is 2. The fourth-order valence-electron chi connectivity index (χ4n) is 3.69. The topological polar surface area (TPSA) is 64.4 Å². The Morgan fingerprint density at radius 2 is 2.20 bits per heavy atom. The highest BCUT2D eigenvalue weighted by atomic mass is 16.5. The number of benzene rings is 1. The highest BCUT2D eigenvalue weighted by Gasteiger charge is 2.34. The number of esters is 1. The summed E-state index contributed by atoms with van der Waals surface area (Å²) in [6, 6.07) is 7.51. The summed E-state index contributed by atoms with van der Waals surface area (Å²) in [6.45, 7) is 3.42. The van der Waals surface area contributed by atoms with Crippen molar-refractivity contribution < 1.29 is 14.3 Å². The van der Waals surface area contributed by atoms with Crippen molar-refractivity contribution >= 4 is 11.9 Å². The third kappa shape index (κ3) is 3.04. The molecule has 3 heterocycles. The lowest BCUT2D eigenvalue weighted by molar-refractivity contribution is -0.135. The molecule has 0 unspecified atom stereocenters. The zero-order valence-electron chi connectivity index (χ0n) is 14.2. The molecule has 2 atom stereocenters. The van der Waals surface area contributed by atoms with Gasteiger partial charge in [-0.3, -0.25) is 9.48 Å². The van der Waals surface area contributed by atoms with E-state index in [0.717, 1.165) is 30.5 Å². The van der Waals surface area contributed by atoms with Gasteiger partial charge >= 0.3 is 5.97 Å². The molecule has 1 fully saturated rings. The van der Waals surface area contributed by atoms with Crippen molar-refractivity contribution in [2.75, 3.05) is 13.1 Å². The molecule has 25 heavy (non-hydrogen) atoms. The van der Waals surface area contributed by atoms with Crippen molar-refractivity contribution in [1.82, 2.24) is 14.7 Å². The SMILES string of the molecule is Cc1cnn([C@@H]2CCCN(C(=O)C[C@H]3OC(=O)c4ccccc43)C2)c1. The third-order valence-electron chi connectivity index (χ3n) is 4.99. The minimum absolute atomic E-state index is 0.0306. The van der Waals surface area contributed by atoms with Crippen LogP contribution >= 0.6 is 0 Å². The zero-order chi connectivity index (χ0) is 17.4. The molecule has 0 aliphatic carbocycles. The maximum absolute atomic E-state index is 12.8. The number of carbonyl (C=O) groups excluding carboxylic acids is 2. The largest absolute Gasteiger partial charge is 0.453 e. The maximum Gasteiger partial charge on any atom is 0.339 e. The van der Waals surface area contributed by atoms with Gasteiger partial charge in [0.15, 0.2) is 0 Å². The van der Waals surface area contributed by atoms with Gasteiger partial charge in [-0.15, -0.1) is 0 Å². The van der Waals surface area contributed by atoms with Crippen molar-refractivity contribution in [3.05, 3.63) is 53.3 Å². The van der Waals surface area contributed by atoms with Gasteiger partial charge in [0, 0.05) is 24.8 Å².